The number of carbonyl (C=O) groups is 2. The summed E-state index contributed by atoms with van der Waals surface area (Å²) in [6, 6.07) is 1.35. The van der Waals surface area contributed by atoms with Crippen LogP contribution in [0.4, 0.5) is 17.1 Å². The molecule has 0 saturated heterocycles. The summed E-state index contributed by atoms with van der Waals surface area (Å²) in [6.45, 7) is 1.13. The molecule has 1 atom stereocenters. The second-order valence-corrected chi connectivity index (χ2v) is 4.64. The van der Waals surface area contributed by atoms with Crippen LogP contribution < -0.4 is 15.7 Å². The number of nitrogens with zero attached hydrogens (tertiary/aromatic N) is 2. The number of hydrogen-bond donors (Lipinski definition) is 4. The second kappa shape index (κ2) is 5.95. The molecule has 1 aromatic rings. The standard InChI is InChI=1S/C12H14N4O6/c1-6-12(19)15(20)8-4-7(11(18)13-2-3-17)5-9(16(21)22)10(8)14-6/h4-6,14,17,20H,2-3H2,1H3,(H,13,18). The van der Waals surface area contributed by atoms with Gasteiger partial charge in [0.2, 0.25) is 0 Å². The highest BCUT2D eigenvalue weighted by Gasteiger charge is 2.35. The highest BCUT2D eigenvalue weighted by atomic mass is 16.6. The Labute approximate surface area is 124 Å². The normalized spacial score (nSPS) is 16.8. The van der Waals surface area contributed by atoms with Gasteiger partial charge in [0.25, 0.3) is 17.5 Å². The molecule has 4 N–H and O–H groups in total. The average Bonchev–Trinajstić information content (AvgIpc) is 2.49. The molecule has 0 bridgehead atoms. The molecule has 0 radical (unpaired) electrons. The van der Waals surface area contributed by atoms with Crippen molar-refractivity contribution in [2.75, 3.05) is 23.5 Å². The number of benzene rings is 1. The van der Waals surface area contributed by atoms with E-state index in [1.807, 2.05) is 0 Å². The first kappa shape index (κ1) is 15.7. The van der Waals surface area contributed by atoms with Crippen LogP contribution in [0, 0.1) is 10.1 Å². The van der Waals surface area contributed by atoms with Gasteiger partial charge >= 0.3 is 0 Å². The molecule has 0 spiro atoms. The van der Waals surface area contributed by atoms with Gasteiger partial charge in [-0.15, -0.1) is 0 Å². The Kier molecular flexibility index (Phi) is 4.24. The summed E-state index contributed by atoms with van der Waals surface area (Å²) in [4.78, 5) is 34.0. The van der Waals surface area contributed by atoms with E-state index in [1.54, 1.807) is 0 Å². The Morgan fingerprint density at radius 3 is 2.82 bits per heavy atom. The number of hydroxylamine groups is 1. The zero-order valence-electron chi connectivity index (χ0n) is 11.6. The zero-order valence-corrected chi connectivity index (χ0v) is 11.6. The largest absolute Gasteiger partial charge is 0.395 e. The van der Waals surface area contributed by atoms with Crippen molar-refractivity contribution in [3.8, 4) is 0 Å². The number of nitro groups is 1. The summed E-state index contributed by atoms with van der Waals surface area (Å²) in [7, 11) is 0. The van der Waals surface area contributed by atoms with E-state index in [1.165, 1.54) is 6.92 Å². The van der Waals surface area contributed by atoms with Crippen LogP contribution >= 0.6 is 0 Å². The van der Waals surface area contributed by atoms with Crippen molar-refractivity contribution < 1.29 is 24.8 Å². The van der Waals surface area contributed by atoms with Gasteiger partial charge in [-0.2, -0.15) is 5.06 Å². The highest BCUT2D eigenvalue weighted by Crippen LogP contribution is 2.39. The third-order valence-electron chi connectivity index (χ3n) is 3.12. The molecule has 10 heteroatoms. The maximum absolute atomic E-state index is 11.9. The number of aliphatic hydroxyl groups is 1. The van der Waals surface area contributed by atoms with Crippen molar-refractivity contribution >= 4 is 28.9 Å². The van der Waals surface area contributed by atoms with Crippen molar-refractivity contribution in [2.45, 2.75) is 13.0 Å². The maximum Gasteiger partial charge on any atom is 0.295 e. The van der Waals surface area contributed by atoms with E-state index in [4.69, 9.17) is 5.11 Å². The average molecular weight is 310 g/mol. The predicted octanol–water partition coefficient (Wildman–Crippen LogP) is -0.147. The van der Waals surface area contributed by atoms with Crippen LogP contribution in [0.2, 0.25) is 0 Å². The van der Waals surface area contributed by atoms with Crippen molar-refractivity contribution in [3.63, 3.8) is 0 Å². The minimum absolute atomic E-state index is 0.0270. The minimum atomic E-state index is -0.842. The third-order valence-corrected chi connectivity index (χ3v) is 3.12. The molecule has 1 aliphatic rings. The van der Waals surface area contributed by atoms with E-state index in [0.29, 0.717) is 0 Å². The molecule has 0 aromatic heterocycles. The van der Waals surface area contributed by atoms with E-state index < -0.39 is 28.5 Å². The number of fused-ring (bicyclic) bond motifs is 1. The molecule has 118 valence electrons. The maximum atomic E-state index is 11.9. The molecular formula is C12H14N4O6. The van der Waals surface area contributed by atoms with Crippen LogP contribution in [0.5, 0.6) is 0 Å². The lowest BCUT2D eigenvalue weighted by molar-refractivity contribution is -0.384. The molecule has 2 rings (SSSR count). The van der Waals surface area contributed by atoms with E-state index in [0.717, 1.165) is 12.1 Å². The summed E-state index contributed by atoms with van der Waals surface area (Å²) >= 11 is 0. The fraction of sp³-hybridized carbons (Fsp3) is 0.333. The predicted molar refractivity (Wildman–Crippen MR) is 74.9 cm³/mol. The molecular weight excluding hydrogens is 296 g/mol. The molecule has 0 saturated carbocycles. The molecule has 22 heavy (non-hydrogen) atoms. The smallest absolute Gasteiger partial charge is 0.295 e. The summed E-state index contributed by atoms with van der Waals surface area (Å²) in [5, 5.41) is 34.9. The number of carbonyl (C=O) groups excluding carboxylic acids is 2. The Morgan fingerprint density at radius 2 is 2.23 bits per heavy atom. The molecule has 2 amide bonds. The van der Waals surface area contributed by atoms with Crippen LogP contribution in [0.1, 0.15) is 17.3 Å². The van der Waals surface area contributed by atoms with Crippen molar-refractivity contribution in [1.29, 1.82) is 0 Å². The number of anilines is 2. The number of aliphatic hydroxyl groups excluding tert-OH is 1. The lowest BCUT2D eigenvalue weighted by Gasteiger charge is -2.29. The van der Waals surface area contributed by atoms with E-state index in [9.17, 15) is 24.9 Å². The molecule has 0 fully saturated rings. The van der Waals surface area contributed by atoms with Crippen LogP contribution in [-0.2, 0) is 4.79 Å². The van der Waals surface area contributed by atoms with Crippen LogP contribution in [0.3, 0.4) is 0 Å². The number of nitro benzene ring substituents is 1. The van der Waals surface area contributed by atoms with Gasteiger partial charge in [-0.25, -0.2) is 0 Å². The van der Waals surface area contributed by atoms with E-state index >= 15 is 0 Å². The Morgan fingerprint density at radius 1 is 1.55 bits per heavy atom. The minimum Gasteiger partial charge on any atom is -0.395 e. The van der Waals surface area contributed by atoms with E-state index in [-0.39, 0.29) is 35.2 Å². The van der Waals surface area contributed by atoms with Gasteiger partial charge in [-0.3, -0.25) is 24.9 Å². The molecule has 1 aromatic carbocycles. The SMILES string of the molecule is CC1Nc2c(cc(C(=O)NCCO)cc2[N+](=O)[O-])N(O)C1=O. The number of rotatable bonds is 4. The summed E-state index contributed by atoms with van der Waals surface area (Å²) in [5.74, 6) is -1.37. The van der Waals surface area contributed by atoms with E-state index in [2.05, 4.69) is 10.6 Å². The van der Waals surface area contributed by atoms with Gasteiger partial charge in [0.15, 0.2) is 0 Å². The van der Waals surface area contributed by atoms with Gasteiger partial charge in [-0.05, 0) is 13.0 Å². The summed E-state index contributed by atoms with van der Waals surface area (Å²) in [6.07, 6.45) is 0. The Balaban J connectivity index is 2.53. The topological polar surface area (TPSA) is 145 Å². The lowest BCUT2D eigenvalue weighted by atomic mass is 10.1. The zero-order chi connectivity index (χ0) is 16.4. The number of amides is 2. The Bertz CT molecular complexity index is 647. The molecule has 10 nitrogen and oxygen atoms in total. The van der Waals surface area contributed by atoms with Crippen LogP contribution in [0.15, 0.2) is 12.1 Å². The van der Waals surface area contributed by atoms with Crippen molar-refractivity contribution in [2.24, 2.45) is 0 Å². The van der Waals surface area contributed by atoms with Gasteiger partial charge in [0.1, 0.15) is 17.4 Å². The summed E-state index contributed by atoms with van der Waals surface area (Å²) < 4.78 is 0. The molecule has 1 aliphatic heterocycles. The van der Waals surface area contributed by atoms with Crippen LogP contribution in [-0.4, -0.2) is 46.2 Å². The van der Waals surface area contributed by atoms with Gasteiger partial charge in [0, 0.05) is 18.2 Å². The summed E-state index contributed by atoms with van der Waals surface area (Å²) in [5.41, 5.74) is -0.767. The molecule has 0 aliphatic carbocycles. The Hall–Kier alpha value is -2.72. The van der Waals surface area contributed by atoms with Gasteiger partial charge < -0.3 is 15.7 Å². The first-order chi connectivity index (χ1) is 10.4. The number of nitrogens with one attached hydrogen (secondary N) is 2. The monoisotopic (exact) mass is 310 g/mol. The van der Waals surface area contributed by atoms with Crippen molar-refractivity contribution in [3.05, 3.63) is 27.8 Å². The van der Waals surface area contributed by atoms with Gasteiger partial charge in [-0.1, -0.05) is 0 Å². The fourth-order valence-electron chi connectivity index (χ4n) is 2.05. The second-order valence-electron chi connectivity index (χ2n) is 4.64. The molecule has 1 unspecified atom stereocenters. The molecule has 1 heterocycles. The van der Waals surface area contributed by atoms with Gasteiger partial charge in [0.05, 0.1) is 11.5 Å². The van der Waals surface area contributed by atoms with Crippen LogP contribution in [0.25, 0.3) is 0 Å². The quantitative estimate of drug-likeness (QED) is 0.344. The highest BCUT2D eigenvalue weighted by molar-refractivity contribution is 6.07. The first-order valence-corrected chi connectivity index (χ1v) is 6.37. The fourth-order valence-corrected chi connectivity index (χ4v) is 2.05. The number of hydrogen-bond acceptors (Lipinski definition) is 7. The van der Waals surface area contributed by atoms with Crippen molar-refractivity contribution in [1.82, 2.24) is 5.32 Å². The first-order valence-electron chi connectivity index (χ1n) is 6.37. The third kappa shape index (κ3) is 2.69. The lowest BCUT2D eigenvalue weighted by Crippen LogP contribution is -2.44.